The molecule has 0 amide bonds. The Morgan fingerprint density at radius 2 is 1.67 bits per heavy atom. The van der Waals surface area contributed by atoms with Crippen LogP contribution >= 0.6 is 0 Å². The summed E-state index contributed by atoms with van der Waals surface area (Å²) >= 11 is 0. The summed E-state index contributed by atoms with van der Waals surface area (Å²) in [5.41, 5.74) is 10.5. The minimum Gasteiger partial charge on any atom is -0.399 e. The number of hydrogen-bond acceptors (Lipinski definition) is 2. The first-order valence-electron chi connectivity index (χ1n) is 7.11. The predicted molar refractivity (Wildman–Crippen MR) is 88.3 cm³/mol. The lowest BCUT2D eigenvalue weighted by molar-refractivity contribution is 0.220. The molecule has 2 nitrogen and oxygen atoms in total. The van der Waals surface area contributed by atoms with Gasteiger partial charge in [-0.1, -0.05) is 48.5 Å². The Morgan fingerprint density at radius 1 is 0.905 bits per heavy atom. The Bertz CT molecular complexity index is 808. The molecular formula is C19H19NO. The SMILES string of the molecule is Cc1ccc2ccccc2c1C(O)c1cccc(N)c1C. The second-order valence-electron chi connectivity index (χ2n) is 5.48. The third kappa shape index (κ3) is 2.28. The highest BCUT2D eigenvalue weighted by molar-refractivity contribution is 5.87. The number of nitrogens with two attached hydrogens (primary N) is 1. The molecule has 0 heterocycles. The van der Waals surface area contributed by atoms with E-state index in [0.717, 1.165) is 33.0 Å². The van der Waals surface area contributed by atoms with E-state index in [4.69, 9.17) is 5.73 Å². The maximum atomic E-state index is 10.9. The number of anilines is 1. The molecule has 1 atom stereocenters. The van der Waals surface area contributed by atoms with E-state index in [9.17, 15) is 5.11 Å². The molecule has 0 aliphatic heterocycles. The quantitative estimate of drug-likeness (QED) is 0.692. The number of rotatable bonds is 2. The normalized spacial score (nSPS) is 12.5. The van der Waals surface area contributed by atoms with E-state index in [1.807, 2.05) is 44.2 Å². The van der Waals surface area contributed by atoms with Crippen LogP contribution in [0.5, 0.6) is 0 Å². The van der Waals surface area contributed by atoms with Gasteiger partial charge in [0.1, 0.15) is 6.10 Å². The van der Waals surface area contributed by atoms with Crippen LogP contribution in [0.25, 0.3) is 10.8 Å². The first-order chi connectivity index (χ1) is 10.1. The van der Waals surface area contributed by atoms with Crippen LogP contribution in [0, 0.1) is 13.8 Å². The highest BCUT2D eigenvalue weighted by Crippen LogP contribution is 2.34. The zero-order valence-corrected chi connectivity index (χ0v) is 12.3. The minimum absolute atomic E-state index is 0.667. The van der Waals surface area contributed by atoms with E-state index in [0.29, 0.717) is 5.69 Å². The summed E-state index contributed by atoms with van der Waals surface area (Å²) in [5, 5.41) is 13.1. The number of aliphatic hydroxyl groups is 1. The van der Waals surface area contributed by atoms with Gasteiger partial charge in [-0.3, -0.25) is 0 Å². The van der Waals surface area contributed by atoms with Gasteiger partial charge in [-0.25, -0.2) is 0 Å². The molecule has 0 radical (unpaired) electrons. The molecular weight excluding hydrogens is 258 g/mol. The fourth-order valence-corrected chi connectivity index (χ4v) is 2.89. The fraction of sp³-hybridized carbons (Fsp3) is 0.158. The standard InChI is InChI=1S/C19H19NO/c1-12-10-11-14-6-3-4-7-16(14)18(12)19(21)15-8-5-9-17(20)13(15)2/h3-11,19,21H,20H2,1-2H3. The smallest absolute Gasteiger partial charge is 0.105 e. The Balaban J connectivity index is 2.24. The first kappa shape index (κ1) is 13.7. The van der Waals surface area contributed by atoms with E-state index < -0.39 is 6.10 Å². The van der Waals surface area contributed by atoms with E-state index in [1.165, 1.54) is 0 Å². The molecule has 0 fully saturated rings. The maximum absolute atomic E-state index is 10.9. The van der Waals surface area contributed by atoms with Gasteiger partial charge in [0.05, 0.1) is 0 Å². The van der Waals surface area contributed by atoms with Gasteiger partial charge in [-0.05, 0) is 52.9 Å². The van der Waals surface area contributed by atoms with Crippen LogP contribution < -0.4 is 5.73 Å². The monoisotopic (exact) mass is 277 g/mol. The number of fused-ring (bicyclic) bond motifs is 1. The largest absolute Gasteiger partial charge is 0.399 e. The average Bonchev–Trinajstić information content (AvgIpc) is 2.49. The summed E-state index contributed by atoms with van der Waals surface area (Å²) in [5.74, 6) is 0. The highest BCUT2D eigenvalue weighted by Gasteiger charge is 2.18. The van der Waals surface area contributed by atoms with Gasteiger partial charge in [0, 0.05) is 5.69 Å². The summed E-state index contributed by atoms with van der Waals surface area (Å²) in [4.78, 5) is 0. The summed E-state index contributed by atoms with van der Waals surface area (Å²) in [7, 11) is 0. The van der Waals surface area contributed by atoms with Crippen molar-refractivity contribution in [3.63, 3.8) is 0 Å². The molecule has 2 heteroatoms. The lowest BCUT2D eigenvalue weighted by atomic mass is 9.90. The second-order valence-corrected chi connectivity index (χ2v) is 5.48. The van der Waals surface area contributed by atoms with E-state index >= 15 is 0 Å². The molecule has 3 aromatic carbocycles. The van der Waals surface area contributed by atoms with Gasteiger partial charge >= 0.3 is 0 Å². The molecule has 3 rings (SSSR count). The van der Waals surface area contributed by atoms with Crippen LogP contribution in [0.2, 0.25) is 0 Å². The van der Waals surface area contributed by atoms with Gasteiger partial charge in [0.25, 0.3) is 0 Å². The van der Waals surface area contributed by atoms with Crippen LogP contribution in [-0.4, -0.2) is 5.11 Å². The number of hydrogen-bond donors (Lipinski definition) is 2. The number of aliphatic hydroxyl groups excluding tert-OH is 1. The molecule has 0 spiro atoms. The number of benzene rings is 3. The minimum atomic E-state index is -0.667. The van der Waals surface area contributed by atoms with Crippen LogP contribution in [-0.2, 0) is 0 Å². The van der Waals surface area contributed by atoms with E-state index in [-0.39, 0.29) is 0 Å². The maximum Gasteiger partial charge on any atom is 0.105 e. The van der Waals surface area contributed by atoms with E-state index in [2.05, 4.69) is 24.3 Å². The molecule has 0 aliphatic rings. The van der Waals surface area contributed by atoms with E-state index in [1.54, 1.807) is 0 Å². The van der Waals surface area contributed by atoms with Gasteiger partial charge < -0.3 is 10.8 Å². The Morgan fingerprint density at radius 3 is 2.48 bits per heavy atom. The zero-order chi connectivity index (χ0) is 15.0. The van der Waals surface area contributed by atoms with Crippen molar-refractivity contribution in [2.75, 3.05) is 5.73 Å². The molecule has 3 N–H and O–H groups in total. The van der Waals surface area contributed by atoms with Crippen LogP contribution in [0.4, 0.5) is 5.69 Å². The first-order valence-corrected chi connectivity index (χ1v) is 7.11. The van der Waals surface area contributed by atoms with Crippen molar-refractivity contribution in [2.45, 2.75) is 20.0 Å². The molecule has 0 saturated carbocycles. The summed E-state index contributed by atoms with van der Waals surface area (Å²) < 4.78 is 0. The van der Waals surface area contributed by atoms with Crippen molar-refractivity contribution in [3.05, 3.63) is 76.9 Å². The molecule has 106 valence electrons. The Hall–Kier alpha value is -2.32. The lowest BCUT2D eigenvalue weighted by Crippen LogP contribution is -2.06. The third-order valence-electron chi connectivity index (χ3n) is 4.17. The molecule has 1 unspecified atom stereocenters. The number of aryl methyl sites for hydroxylation is 1. The van der Waals surface area contributed by atoms with Gasteiger partial charge in [-0.2, -0.15) is 0 Å². The topological polar surface area (TPSA) is 46.2 Å². The van der Waals surface area contributed by atoms with Crippen LogP contribution in [0.3, 0.4) is 0 Å². The van der Waals surface area contributed by atoms with Gasteiger partial charge in [0.15, 0.2) is 0 Å². The summed E-state index contributed by atoms with van der Waals surface area (Å²) in [6.45, 7) is 3.99. The molecule has 0 bridgehead atoms. The zero-order valence-electron chi connectivity index (χ0n) is 12.3. The lowest BCUT2D eigenvalue weighted by Gasteiger charge is -2.19. The third-order valence-corrected chi connectivity index (χ3v) is 4.17. The van der Waals surface area contributed by atoms with Crippen molar-refractivity contribution in [1.82, 2.24) is 0 Å². The Kier molecular flexibility index (Phi) is 3.40. The van der Waals surface area contributed by atoms with Crippen molar-refractivity contribution in [2.24, 2.45) is 0 Å². The molecule has 0 aromatic heterocycles. The number of nitrogen functional groups attached to an aromatic ring is 1. The average molecular weight is 277 g/mol. The van der Waals surface area contributed by atoms with Gasteiger partial charge in [-0.15, -0.1) is 0 Å². The molecule has 3 aromatic rings. The molecule has 21 heavy (non-hydrogen) atoms. The Labute approximate surface area is 124 Å². The van der Waals surface area contributed by atoms with Crippen molar-refractivity contribution in [1.29, 1.82) is 0 Å². The molecule has 0 aliphatic carbocycles. The summed E-state index contributed by atoms with van der Waals surface area (Å²) in [6, 6.07) is 18.0. The van der Waals surface area contributed by atoms with Crippen LogP contribution in [0.15, 0.2) is 54.6 Å². The fourth-order valence-electron chi connectivity index (χ4n) is 2.89. The molecule has 0 saturated heterocycles. The second kappa shape index (κ2) is 5.23. The summed E-state index contributed by atoms with van der Waals surface area (Å²) in [6.07, 6.45) is -0.667. The van der Waals surface area contributed by atoms with Crippen LogP contribution in [0.1, 0.15) is 28.4 Å². The predicted octanol–water partition coefficient (Wildman–Crippen LogP) is 4.12. The van der Waals surface area contributed by atoms with Crippen molar-refractivity contribution in [3.8, 4) is 0 Å². The van der Waals surface area contributed by atoms with Crippen molar-refractivity contribution < 1.29 is 5.11 Å². The highest BCUT2D eigenvalue weighted by atomic mass is 16.3. The van der Waals surface area contributed by atoms with Gasteiger partial charge in [0.2, 0.25) is 0 Å². The van der Waals surface area contributed by atoms with Crippen molar-refractivity contribution >= 4 is 16.5 Å².